The van der Waals surface area contributed by atoms with Crippen LogP contribution in [0.2, 0.25) is 0 Å². The van der Waals surface area contributed by atoms with E-state index < -0.39 is 9.70 Å². The van der Waals surface area contributed by atoms with Crippen LogP contribution in [-0.4, -0.2) is 20.5 Å². The highest BCUT2D eigenvalue weighted by Gasteiger charge is 2.31. The topological polar surface area (TPSA) is 49.4 Å². The van der Waals surface area contributed by atoms with Crippen LogP contribution in [0.15, 0.2) is 84.9 Å². The van der Waals surface area contributed by atoms with Crippen molar-refractivity contribution in [3.8, 4) is 0 Å². The maximum Gasteiger partial charge on any atom is 0.276 e. The Morgan fingerprint density at radius 2 is 1.20 bits per heavy atom. The Bertz CT molecular complexity index is 964. The molecule has 154 valence electrons. The van der Waals surface area contributed by atoms with E-state index in [1.54, 1.807) is 29.2 Å². The molecule has 0 saturated carbocycles. The number of nitrogens with zero attached hydrogens (tertiary/aromatic N) is 1. The van der Waals surface area contributed by atoms with E-state index in [4.69, 9.17) is 34.8 Å². The van der Waals surface area contributed by atoms with Gasteiger partial charge in [0.1, 0.15) is 0 Å². The maximum absolute atomic E-state index is 13.5. The van der Waals surface area contributed by atoms with Gasteiger partial charge in [-0.3, -0.25) is 9.59 Å². The highest BCUT2D eigenvalue weighted by atomic mass is 35.6. The maximum atomic E-state index is 13.5. The standard InChI is InChI=1S/C23H19Cl3N2O2/c24-23(25,26)22(30)27-20-14-8-7-13-19(20)21(29)28(15-17-9-3-1-4-10-17)16-18-11-5-2-6-12-18/h1-14H,15-16H2,(H,27,30). The number of alkyl halides is 3. The van der Waals surface area contributed by atoms with Gasteiger partial charge in [0, 0.05) is 13.1 Å². The molecule has 0 saturated heterocycles. The van der Waals surface area contributed by atoms with E-state index in [-0.39, 0.29) is 11.6 Å². The SMILES string of the molecule is O=C(c1ccccc1NC(=O)C(Cl)(Cl)Cl)N(Cc1ccccc1)Cc1ccccc1. The van der Waals surface area contributed by atoms with Crippen molar-refractivity contribution in [1.29, 1.82) is 0 Å². The van der Waals surface area contributed by atoms with Gasteiger partial charge in [0.05, 0.1) is 11.3 Å². The van der Waals surface area contributed by atoms with Crippen LogP contribution in [-0.2, 0) is 17.9 Å². The van der Waals surface area contributed by atoms with Crippen molar-refractivity contribution in [2.45, 2.75) is 16.9 Å². The quantitative estimate of drug-likeness (QED) is 0.469. The Hall–Kier alpha value is -2.53. The lowest BCUT2D eigenvalue weighted by Crippen LogP contribution is -2.32. The predicted octanol–water partition coefficient (Wildman–Crippen LogP) is 5.84. The lowest BCUT2D eigenvalue weighted by molar-refractivity contribution is -0.115. The number of hydrogen-bond donors (Lipinski definition) is 1. The number of nitrogens with one attached hydrogen (secondary N) is 1. The Labute approximate surface area is 190 Å². The third-order valence-corrected chi connectivity index (χ3v) is 4.90. The van der Waals surface area contributed by atoms with Crippen molar-refractivity contribution in [3.05, 3.63) is 102 Å². The van der Waals surface area contributed by atoms with E-state index in [0.717, 1.165) is 11.1 Å². The third kappa shape index (κ3) is 5.99. The summed E-state index contributed by atoms with van der Waals surface area (Å²) in [5.41, 5.74) is 2.58. The molecule has 0 spiro atoms. The molecule has 30 heavy (non-hydrogen) atoms. The van der Waals surface area contributed by atoms with Gasteiger partial charge in [0.15, 0.2) is 0 Å². The monoisotopic (exact) mass is 460 g/mol. The van der Waals surface area contributed by atoms with Gasteiger partial charge in [-0.25, -0.2) is 0 Å². The van der Waals surface area contributed by atoms with Gasteiger partial charge >= 0.3 is 0 Å². The number of carbonyl (C=O) groups is 2. The van der Waals surface area contributed by atoms with E-state index in [9.17, 15) is 9.59 Å². The molecule has 0 fully saturated rings. The van der Waals surface area contributed by atoms with Crippen molar-refractivity contribution in [1.82, 2.24) is 4.90 Å². The number of benzene rings is 3. The average molecular weight is 462 g/mol. The fourth-order valence-corrected chi connectivity index (χ4v) is 3.09. The van der Waals surface area contributed by atoms with Gasteiger partial charge in [-0.05, 0) is 23.3 Å². The Morgan fingerprint density at radius 3 is 1.70 bits per heavy atom. The van der Waals surface area contributed by atoms with Gasteiger partial charge in [0.25, 0.3) is 15.6 Å². The van der Waals surface area contributed by atoms with Crippen LogP contribution >= 0.6 is 34.8 Å². The van der Waals surface area contributed by atoms with Gasteiger partial charge in [0.2, 0.25) is 0 Å². The Balaban J connectivity index is 1.91. The summed E-state index contributed by atoms with van der Waals surface area (Å²) in [7, 11) is 0. The highest BCUT2D eigenvalue weighted by Crippen LogP contribution is 2.29. The van der Waals surface area contributed by atoms with Crippen LogP contribution in [0.5, 0.6) is 0 Å². The number of para-hydroxylation sites is 1. The summed E-state index contributed by atoms with van der Waals surface area (Å²) < 4.78 is -2.13. The van der Waals surface area contributed by atoms with E-state index in [2.05, 4.69) is 5.32 Å². The second kappa shape index (κ2) is 9.98. The highest BCUT2D eigenvalue weighted by molar-refractivity contribution is 6.76. The first-order valence-corrected chi connectivity index (χ1v) is 10.3. The lowest BCUT2D eigenvalue weighted by Gasteiger charge is -2.25. The van der Waals surface area contributed by atoms with E-state index >= 15 is 0 Å². The van der Waals surface area contributed by atoms with Gasteiger partial charge < -0.3 is 10.2 Å². The van der Waals surface area contributed by atoms with Gasteiger partial charge in [-0.1, -0.05) is 108 Å². The van der Waals surface area contributed by atoms with Crippen LogP contribution in [0.4, 0.5) is 5.69 Å². The van der Waals surface area contributed by atoms with Gasteiger partial charge in [-0.15, -0.1) is 0 Å². The van der Waals surface area contributed by atoms with Crippen LogP contribution in [0.3, 0.4) is 0 Å². The number of amides is 2. The zero-order chi connectivity index (χ0) is 21.6. The van der Waals surface area contributed by atoms with Crippen molar-refractivity contribution in [2.75, 3.05) is 5.32 Å². The number of hydrogen-bond acceptors (Lipinski definition) is 2. The summed E-state index contributed by atoms with van der Waals surface area (Å²) in [6, 6.07) is 26.1. The van der Waals surface area contributed by atoms with Crippen LogP contribution in [0.25, 0.3) is 0 Å². The van der Waals surface area contributed by atoms with Crippen molar-refractivity contribution in [3.63, 3.8) is 0 Å². The van der Waals surface area contributed by atoms with Crippen molar-refractivity contribution >= 4 is 52.3 Å². The molecule has 3 rings (SSSR count). The molecule has 0 radical (unpaired) electrons. The summed E-state index contributed by atoms with van der Waals surface area (Å²) in [6.07, 6.45) is 0. The Kier molecular flexibility index (Phi) is 7.38. The average Bonchev–Trinajstić information content (AvgIpc) is 2.74. The first-order chi connectivity index (χ1) is 14.3. The minimum atomic E-state index is -2.13. The van der Waals surface area contributed by atoms with E-state index in [0.29, 0.717) is 18.7 Å². The molecule has 0 aliphatic rings. The molecule has 0 bridgehead atoms. The molecule has 0 aliphatic heterocycles. The minimum Gasteiger partial charge on any atom is -0.330 e. The number of halogens is 3. The summed E-state index contributed by atoms with van der Waals surface area (Å²) in [4.78, 5) is 27.3. The second-order valence-corrected chi connectivity index (χ2v) is 8.91. The minimum absolute atomic E-state index is 0.247. The molecule has 0 aliphatic carbocycles. The largest absolute Gasteiger partial charge is 0.330 e. The van der Waals surface area contributed by atoms with Crippen molar-refractivity contribution < 1.29 is 9.59 Å². The predicted molar refractivity (Wildman–Crippen MR) is 122 cm³/mol. The molecule has 0 aromatic heterocycles. The smallest absolute Gasteiger partial charge is 0.276 e. The third-order valence-electron chi connectivity index (χ3n) is 4.38. The van der Waals surface area contributed by atoms with E-state index in [1.165, 1.54) is 0 Å². The molecular formula is C23H19Cl3N2O2. The fraction of sp³-hybridized carbons (Fsp3) is 0.130. The molecule has 3 aromatic rings. The molecule has 4 nitrogen and oxygen atoms in total. The molecule has 2 amide bonds. The molecule has 0 unspecified atom stereocenters. The van der Waals surface area contributed by atoms with Crippen LogP contribution in [0, 0.1) is 0 Å². The van der Waals surface area contributed by atoms with Crippen molar-refractivity contribution in [2.24, 2.45) is 0 Å². The summed E-state index contributed by atoms with van der Waals surface area (Å²) in [6.45, 7) is 0.808. The molecule has 7 heteroatoms. The molecule has 1 N–H and O–H groups in total. The second-order valence-electron chi connectivity index (χ2n) is 6.63. The van der Waals surface area contributed by atoms with Crippen LogP contribution in [0.1, 0.15) is 21.5 Å². The number of rotatable bonds is 6. The van der Waals surface area contributed by atoms with Crippen LogP contribution < -0.4 is 5.32 Å². The summed E-state index contributed by atoms with van der Waals surface area (Å²) >= 11 is 17.0. The zero-order valence-corrected chi connectivity index (χ0v) is 18.2. The molecular weight excluding hydrogens is 443 g/mol. The number of anilines is 1. The first-order valence-electron chi connectivity index (χ1n) is 9.19. The molecule has 3 aromatic carbocycles. The normalized spacial score (nSPS) is 11.0. The molecule has 0 heterocycles. The fourth-order valence-electron chi connectivity index (χ4n) is 2.95. The molecule has 0 atom stereocenters. The Morgan fingerprint density at radius 1 is 0.733 bits per heavy atom. The van der Waals surface area contributed by atoms with E-state index in [1.807, 2.05) is 60.7 Å². The zero-order valence-electron chi connectivity index (χ0n) is 15.9. The lowest BCUT2D eigenvalue weighted by atomic mass is 10.1. The number of carbonyl (C=O) groups excluding carboxylic acids is 2. The summed E-state index contributed by atoms with van der Waals surface area (Å²) in [5.74, 6) is -1.08. The first kappa shape index (κ1) is 22.2. The van der Waals surface area contributed by atoms with Gasteiger partial charge in [-0.2, -0.15) is 0 Å². The summed E-state index contributed by atoms with van der Waals surface area (Å²) in [5, 5.41) is 2.53.